The number of aliphatic hydroxyl groups is 2. The number of phenolic OH excluding ortho intramolecular Hbond substituents is 4. The summed E-state index contributed by atoms with van der Waals surface area (Å²) in [6.45, 7) is 0. The minimum atomic E-state index is -0.283. The molecule has 1 aliphatic carbocycles. The van der Waals surface area contributed by atoms with E-state index in [1.54, 1.807) is 30.4 Å². The van der Waals surface area contributed by atoms with Gasteiger partial charge in [-0.05, 0) is 59.0 Å². The Kier molecular flexibility index (Phi) is 8.78. The SMILES string of the molecule is C#C/C=C(O)\C=C/CC(c1ccc(-c2ccc(C(c3ccc(O)cc3O)C3C=CC(O)=C3)cc2)cc1)c1ccc(O)cc1O. The standard InChI is InChI=1S/C38H32O6/c1-2-4-29(39)5-3-6-33(34-19-17-31(41)22-36(34)43)26-11-7-24(8-12-26)25-9-13-27(14-10-25)38(28-15-16-30(40)21-28)35-20-18-32(42)23-37(35)44/h1,3-5,7-23,28,33,38-44H,6H2/b5-3-,29-4+. The minimum absolute atomic E-state index is 0.0193. The fourth-order valence-corrected chi connectivity index (χ4v) is 5.65. The molecule has 6 N–H and O–H groups in total. The molecular weight excluding hydrogens is 552 g/mol. The van der Waals surface area contributed by atoms with Gasteiger partial charge in [-0.15, -0.1) is 6.42 Å². The second kappa shape index (κ2) is 13.0. The Morgan fingerprint density at radius 3 is 1.84 bits per heavy atom. The molecule has 0 aliphatic heterocycles. The smallest absolute Gasteiger partial charge is 0.123 e. The number of benzene rings is 4. The number of aromatic hydroxyl groups is 4. The van der Waals surface area contributed by atoms with Crippen molar-refractivity contribution in [3.05, 3.63) is 155 Å². The average Bonchev–Trinajstić information content (AvgIpc) is 3.43. The zero-order valence-electron chi connectivity index (χ0n) is 23.7. The molecule has 5 rings (SSSR count). The maximum absolute atomic E-state index is 10.6. The highest BCUT2D eigenvalue weighted by Crippen LogP contribution is 2.42. The predicted molar refractivity (Wildman–Crippen MR) is 172 cm³/mol. The van der Waals surface area contributed by atoms with E-state index in [9.17, 15) is 30.6 Å². The summed E-state index contributed by atoms with van der Waals surface area (Å²) < 4.78 is 0. The van der Waals surface area contributed by atoms with Crippen LogP contribution in [-0.4, -0.2) is 30.6 Å². The zero-order chi connectivity index (χ0) is 31.2. The van der Waals surface area contributed by atoms with Crippen LogP contribution in [0.25, 0.3) is 11.1 Å². The van der Waals surface area contributed by atoms with E-state index in [2.05, 4.69) is 5.92 Å². The molecular formula is C38H32O6. The van der Waals surface area contributed by atoms with E-state index in [-0.39, 0.29) is 52.3 Å². The van der Waals surface area contributed by atoms with Crippen LogP contribution in [-0.2, 0) is 0 Å². The van der Waals surface area contributed by atoms with Crippen molar-refractivity contribution in [1.29, 1.82) is 0 Å². The molecule has 4 aromatic rings. The van der Waals surface area contributed by atoms with Crippen molar-refractivity contribution in [2.75, 3.05) is 0 Å². The summed E-state index contributed by atoms with van der Waals surface area (Å²) in [4.78, 5) is 0. The Bertz CT molecular complexity index is 1800. The zero-order valence-corrected chi connectivity index (χ0v) is 23.7. The first-order valence-corrected chi connectivity index (χ1v) is 14.1. The van der Waals surface area contributed by atoms with E-state index >= 15 is 0 Å². The molecule has 6 nitrogen and oxygen atoms in total. The van der Waals surface area contributed by atoms with Gasteiger partial charge in [0.15, 0.2) is 0 Å². The van der Waals surface area contributed by atoms with Gasteiger partial charge in [-0.1, -0.05) is 78.7 Å². The van der Waals surface area contributed by atoms with Gasteiger partial charge in [0.05, 0.1) is 0 Å². The van der Waals surface area contributed by atoms with Gasteiger partial charge in [-0.2, -0.15) is 0 Å². The number of hydrogen-bond donors (Lipinski definition) is 6. The monoisotopic (exact) mass is 584 g/mol. The molecule has 4 aromatic carbocycles. The Morgan fingerprint density at radius 1 is 0.750 bits per heavy atom. The maximum atomic E-state index is 10.6. The van der Waals surface area contributed by atoms with Gasteiger partial charge in [0.2, 0.25) is 0 Å². The summed E-state index contributed by atoms with van der Waals surface area (Å²) in [7, 11) is 0. The first kappa shape index (κ1) is 29.7. The summed E-state index contributed by atoms with van der Waals surface area (Å²) >= 11 is 0. The fraction of sp³-hybridized carbons (Fsp3) is 0.105. The van der Waals surface area contributed by atoms with Gasteiger partial charge in [0.25, 0.3) is 0 Å². The van der Waals surface area contributed by atoms with Crippen molar-refractivity contribution in [2.45, 2.75) is 18.3 Å². The molecule has 3 unspecified atom stereocenters. The number of terminal acetylenes is 1. The van der Waals surface area contributed by atoms with E-state index in [0.29, 0.717) is 17.5 Å². The fourth-order valence-electron chi connectivity index (χ4n) is 5.65. The molecule has 6 heteroatoms. The molecule has 1 aliphatic rings. The van der Waals surface area contributed by atoms with Crippen molar-refractivity contribution in [3.8, 4) is 46.5 Å². The van der Waals surface area contributed by atoms with Gasteiger partial charge in [-0.3, -0.25) is 0 Å². The Morgan fingerprint density at radius 2 is 1.32 bits per heavy atom. The van der Waals surface area contributed by atoms with Gasteiger partial charge in [0, 0.05) is 47.1 Å². The van der Waals surface area contributed by atoms with Crippen molar-refractivity contribution >= 4 is 0 Å². The molecule has 3 atom stereocenters. The highest BCUT2D eigenvalue weighted by Gasteiger charge is 2.27. The summed E-state index contributed by atoms with van der Waals surface area (Å²) in [6.07, 6.45) is 15.5. The first-order chi connectivity index (χ1) is 21.2. The molecule has 0 spiro atoms. The van der Waals surface area contributed by atoms with Crippen LogP contribution in [0.15, 0.2) is 133 Å². The molecule has 0 saturated carbocycles. The molecule has 0 fully saturated rings. The highest BCUT2D eigenvalue weighted by atomic mass is 16.3. The lowest BCUT2D eigenvalue weighted by Crippen LogP contribution is -2.10. The maximum Gasteiger partial charge on any atom is 0.123 e. The summed E-state index contributed by atoms with van der Waals surface area (Å²) in [5.74, 6) is 1.58. The van der Waals surface area contributed by atoms with Gasteiger partial charge in [-0.25, -0.2) is 0 Å². The topological polar surface area (TPSA) is 121 Å². The second-order valence-electron chi connectivity index (χ2n) is 10.7. The van der Waals surface area contributed by atoms with Crippen molar-refractivity contribution in [3.63, 3.8) is 0 Å². The molecule has 44 heavy (non-hydrogen) atoms. The Hall–Kier alpha value is -5.80. The van der Waals surface area contributed by atoms with E-state index in [1.165, 1.54) is 36.4 Å². The van der Waals surface area contributed by atoms with Gasteiger partial charge in [0.1, 0.15) is 34.5 Å². The summed E-state index contributed by atoms with van der Waals surface area (Å²) in [6, 6.07) is 25.0. The summed E-state index contributed by atoms with van der Waals surface area (Å²) in [5, 5.41) is 60.8. The van der Waals surface area contributed by atoms with Crippen LogP contribution in [0.5, 0.6) is 23.0 Å². The normalized spacial score (nSPS) is 16.0. The van der Waals surface area contributed by atoms with Crippen molar-refractivity contribution < 1.29 is 30.6 Å². The Labute approximate surface area is 256 Å². The lowest BCUT2D eigenvalue weighted by molar-refractivity contribution is 0.428. The van der Waals surface area contributed by atoms with E-state index in [4.69, 9.17) is 6.42 Å². The molecule has 0 bridgehead atoms. The van der Waals surface area contributed by atoms with Crippen LogP contribution in [0.3, 0.4) is 0 Å². The van der Waals surface area contributed by atoms with Gasteiger partial charge >= 0.3 is 0 Å². The van der Waals surface area contributed by atoms with Crippen LogP contribution in [0.1, 0.15) is 40.5 Å². The van der Waals surface area contributed by atoms with Crippen LogP contribution in [0.2, 0.25) is 0 Å². The Balaban J connectivity index is 1.43. The first-order valence-electron chi connectivity index (χ1n) is 14.1. The van der Waals surface area contributed by atoms with Crippen molar-refractivity contribution in [1.82, 2.24) is 0 Å². The molecule has 0 aromatic heterocycles. The lowest BCUT2D eigenvalue weighted by atomic mass is 9.80. The number of allylic oxidation sites excluding steroid dienone is 6. The third kappa shape index (κ3) is 6.64. The predicted octanol–water partition coefficient (Wildman–Crippen LogP) is 8.09. The summed E-state index contributed by atoms with van der Waals surface area (Å²) in [5.41, 5.74) is 5.09. The average molecular weight is 585 g/mol. The molecule has 0 heterocycles. The number of rotatable bonds is 9. The van der Waals surface area contributed by atoms with Crippen LogP contribution in [0.4, 0.5) is 0 Å². The van der Waals surface area contributed by atoms with Crippen LogP contribution < -0.4 is 0 Å². The number of aliphatic hydroxyl groups excluding tert-OH is 2. The quantitative estimate of drug-likeness (QED) is 0.0672. The molecule has 220 valence electrons. The van der Waals surface area contributed by atoms with E-state index in [0.717, 1.165) is 22.3 Å². The molecule has 0 radical (unpaired) electrons. The third-order valence-corrected chi connectivity index (χ3v) is 7.78. The van der Waals surface area contributed by atoms with Crippen molar-refractivity contribution in [2.24, 2.45) is 5.92 Å². The third-order valence-electron chi connectivity index (χ3n) is 7.78. The number of phenols is 4. The molecule has 0 saturated heterocycles. The highest BCUT2D eigenvalue weighted by molar-refractivity contribution is 5.65. The van der Waals surface area contributed by atoms with E-state index < -0.39 is 0 Å². The minimum Gasteiger partial charge on any atom is -0.508 e. The van der Waals surface area contributed by atoms with E-state index in [1.807, 2.05) is 54.6 Å². The lowest BCUT2D eigenvalue weighted by Gasteiger charge is -2.23. The second-order valence-corrected chi connectivity index (χ2v) is 10.7. The van der Waals surface area contributed by atoms with Gasteiger partial charge < -0.3 is 30.6 Å². The van der Waals surface area contributed by atoms with Crippen LogP contribution >= 0.6 is 0 Å². The van der Waals surface area contributed by atoms with Crippen LogP contribution in [0, 0.1) is 18.3 Å². The molecule has 0 amide bonds. The number of hydrogen-bond acceptors (Lipinski definition) is 6. The largest absolute Gasteiger partial charge is 0.508 e.